The highest BCUT2D eigenvalue weighted by Crippen LogP contribution is 2.32. The lowest BCUT2D eigenvalue weighted by Gasteiger charge is -2.36. The molecule has 1 amide bonds. The standard InChI is InChI=1S/C24H19Cl3N4O4S/c25-16-1-4-20(21(14-16)31(33)34)29-7-9-30(10-8-29)24(36)28-23(32)6-3-19-2-5-22(35-19)15-11-17(26)13-18(27)12-15/h1-6,11-14H,7-10H2,(H,28,32,36)/b6-3+. The van der Waals surface area contributed by atoms with Crippen molar-refractivity contribution in [2.24, 2.45) is 0 Å². The van der Waals surface area contributed by atoms with E-state index < -0.39 is 10.8 Å². The lowest BCUT2D eigenvalue weighted by Crippen LogP contribution is -2.52. The second kappa shape index (κ2) is 11.3. The summed E-state index contributed by atoms with van der Waals surface area (Å²) >= 11 is 23.4. The minimum atomic E-state index is -0.448. The van der Waals surface area contributed by atoms with E-state index in [0.29, 0.717) is 58.5 Å². The molecule has 0 spiro atoms. The zero-order chi connectivity index (χ0) is 25.8. The van der Waals surface area contributed by atoms with Crippen molar-refractivity contribution in [3.63, 3.8) is 0 Å². The summed E-state index contributed by atoms with van der Waals surface area (Å²) in [7, 11) is 0. The van der Waals surface area contributed by atoms with Gasteiger partial charge < -0.3 is 14.2 Å². The average Bonchev–Trinajstić information content (AvgIpc) is 3.31. The van der Waals surface area contributed by atoms with E-state index >= 15 is 0 Å². The number of furan rings is 1. The number of nitro groups is 1. The maximum atomic E-state index is 12.4. The number of amides is 1. The van der Waals surface area contributed by atoms with Crippen LogP contribution in [-0.4, -0.2) is 47.0 Å². The number of anilines is 1. The highest BCUT2D eigenvalue weighted by molar-refractivity contribution is 7.80. The van der Waals surface area contributed by atoms with Gasteiger partial charge in [-0.25, -0.2) is 0 Å². The van der Waals surface area contributed by atoms with Crippen LogP contribution in [0.1, 0.15) is 5.76 Å². The molecule has 2 aromatic carbocycles. The molecule has 2 heterocycles. The number of carbonyl (C=O) groups is 1. The molecular formula is C24H19Cl3N4O4S. The molecule has 0 bridgehead atoms. The van der Waals surface area contributed by atoms with E-state index in [2.05, 4.69) is 5.32 Å². The number of thiocarbonyl (C=S) groups is 1. The van der Waals surface area contributed by atoms with Crippen molar-refractivity contribution < 1.29 is 14.1 Å². The molecule has 1 N–H and O–H groups in total. The van der Waals surface area contributed by atoms with Crippen molar-refractivity contribution in [1.82, 2.24) is 10.2 Å². The largest absolute Gasteiger partial charge is 0.457 e. The molecular weight excluding hydrogens is 547 g/mol. The molecule has 0 aliphatic carbocycles. The van der Waals surface area contributed by atoms with Gasteiger partial charge in [0.2, 0.25) is 5.91 Å². The average molecular weight is 566 g/mol. The van der Waals surface area contributed by atoms with Crippen molar-refractivity contribution in [2.45, 2.75) is 0 Å². The summed E-state index contributed by atoms with van der Waals surface area (Å²) in [6.45, 7) is 1.98. The third-order valence-electron chi connectivity index (χ3n) is 5.44. The topological polar surface area (TPSA) is 91.9 Å². The van der Waals surface area contributed by atoms with Crippen LogP contribution in [0.25, 0.3) is 17.4 Å². The second-order valence-corrected chi connectivity index (χ2v) is 9.55. The summed E-state index contributed by atoms with van der Waals surface area (Å²) in [6.07, 6.45) is 2.86. The van der Waals surface area contributed by atoms with E-state index in [1.165, 1.54) is 18.2 Å². The molecule has 0 saturated carbocycles. The highest BCUT2D eigenvalue weighted by Gasteiger charge is 2.25. The predicted molar refractivity (Wildman–Crippen MR) is 146 cm³/mol. The van der Waals surface area contributed by atoms with Crippen LogP contribution in [-0.2, 0) is 4.79 Å². The van der Waals surface area contributed by atoms with Gasteiger partial charge in [-0.05, 0) is 60.8 Å². The van der Waals surface area contributed by atoms with E-state index in [-0.39, 0.29) is 10.8 Å². The summed E-state index contributed by atoms with van der Waals surface area (Å²) in [5.41, 5.74) is 1.18. The highest BCUT2D eigenvalue weighted by atomic mass is 35.5. The van der Waals surface area contributed by atoms with Crippen LogP contribution in [0.4, 0.5) is 11.4 Å². The molecule has 1 aliphatic heterocycles. The second-order valence-electron chi connectivity index (χ2n) is 7.85. The fraction of sp³-hybridized carbons (Fsp3) is 0.167. The molecule has 1 saturated heterocycles. The van der Waals surface area contributed by atoms with Gasteiger partial charge in [0.1, 0.15) is 17.2 Å². The van der Waals surface area contributed by atoms with Gasteiger partial charge in [-0.15, -0.1) is 0 Å². The van der Waals surface area contributed by atoms with Gasteiger partial charge in [0.05, 0.1) is 4.92 Å². The van der Waals surface area contributed by atoms with Gasteiger partial charge in [-0.3, -0.25) is 20.2 Å². The zero-order valence-electron chi connectivity index (χ0n) is 18.6. The molecule has 36 heavy (non-hydrogen) atoms. The van der Waals surface area contributed by atoms with E-state index in [1.807, 2.05) is 9.80 Å². The maximum Gasteiger partial charge on any atom is 0.294 e. The number of nitrogens with zero attached hydrogens (tertiary/aromatic N) is 3. The van der Waals surface area contributed by atoms with Gasteiger partial charge >= 0.3 is 0 Å². The number of piperazine rings is 1. The van der Waals surface area contributed by atoms with E-state index in [0.717, 1.165) is 5.56 Å². The Bertz CT molecular complexity index is 1330. The Hall–Kier alpha value is -3.11. The first-order valence-electron chi connectivity index (χ1n) is 10.7. The molecule has 1 aliphatic rings. The Morgan fingerprint density at radius 3 is 2.36 bits per heavy atom. The molecule has 12 heteroatoms. The number of hydrogen-bond acceptors (Lipinski definition) is 6. The summed E-state index contributed by atoms with van der Waals surface area (Å²) in [5, 5.41) is 15.6. The Balaban J connectivity index is 1.31. The zero-order valence-corrected chi connectivity index (χ0v) is 21.7. The molecule has 0 unspecified atom stereocenters. The van der Waals surface area contributed by atoms with Crippen molar-refractivity contribution in [2.75, 3.05) is 31.1 Å². The van der Waals surface area contributed by atoms with Crippen LogP contribution in [0.2, 0.25) is 15.1 Å². The van der Waals surface area contributed by atoms with Crippen LogP contribution in [0, 0.1) is 10.1 Å². The van der Waals surface area contributed by atoms with E-state index in [1.54, 1.807) is 42.5 Å². The third-order valence-corrected chi connectivity index (χ3v) is 6.48. The van der Waals surface area contributed by atoms with Crippen molar-refractivity contribution in [3.05, 3.63) is 85.5 Å². The molecule has 0 atom stereocenters. The normalized spacial score (nSPS) is 13.8. The summed E-state index contributed by atoms with van der Waals surface area (Å²) in [5.74, 6) is 0.633. The van der Waals surface area contributed by atoms with Gasteiger partial charge in [-0.2, -0.15) is 0 Å². The molecule has 1 fully saturated rings. The molecule has 186 valence electrons. The van der Waals surface area contributed by atoms with Gasteiger partial charge in [-0.1, -0.05) is 34.8 Å². The first-order valence-corrected chi connectivity index (χ1v) is 12.3. The number of nitro benzene ring substituents is 1. The van der Waals surface area contributed by atoms with Crippen LogP contribution in [0.15, 0.2) is 59.0 Å². The van der Waals surface area contributed by atoms with Crippen LogP contribution in [0.5, 0.6) is 0 Å². The SMILES string of the molecule is O=C(/C=C/c1ccc(-c2cc(Cl)cc(Cl)c2)o1)NC(=S)N1CCN(c2ccc(Cl)cc2[N+](=O)[O-])CC1. The minimum absolute atomic E-state index is 0.0449. The number of benzene rings is 2. The lowest BCUT2D eigenvalue weighted by molar-refractivity contribution is -0.384. The van der Waals surface area contributed by atoms with E-state index in [4.69, 9.17) is 51.4 Å². The monoisotopic (exact) mass is 564 g/mol. The number of halogens is 3. The summed E-state index contributed by atoms with van der Waals surface area (Å²) < 4.78 is 5.75. The van der Waals surface area contributed by atoms with Crippen molar-refractivity contribution >= 4 is 75.5 Å². The van der Waals surface area contributed by atoms with Crippen LogP contribution < -0.4 is 10.2 Å². The van der Waals surface area contributed by atoms with E-state index in [9.17, 15) is 14.9 Å². The minimum Gasteiger partial charge on any atom is -0.457 e. The van der Waals surface area contributed by atoms with Crippen LogP contribution in [0.3, 0.4) is 0 Å². The first-order chi connectivity index (χ1) is 17.2. The third kappa shape index (κ3) is 6.36. The predicted octanol–water partition coefficient (Wildman–Crippen LogP) is 6.05. The maximum absolute atomic E-state index is 12.4. The fourth-order valence-electron chi connectivity index (χ4n) is 3.74. The number of hydrogen-bond donors (Lipinski definition) is 1. The lowest BCUT2D eigenvalue weighted by atomic mass is 10.2. The Morgan fingerprint density at radius 1 is 1.00 bits per heavy atom. The fourth-order valence-corrected chi connectivity index (χ4v) is 4.71. The van der Waals surface area contributed by atoms with Gasteiger partial charge in [0, 0.05) is 59.0 Å². The van der Waals surface area contributed by atoms with Crippen molar-refractivity contribution in [1.29, 1.82) is 0 Å². The summed E-state index contributed by atoms with van der Waals surface area (Å²) in [4.78, 5) is 27.1. The van der Waals surface area contributed by atoms with Gasteiger partial charge in [0.25, 0.3) is 5.69 Å². The number of rotatable bonds is 5. The quantitative estimate of drug-likeness (QED) is 0.174. The smallest absolute Gasteiger partial charge is 0.294 e. The summed E-state index contributed by atoms with van der Waals surface area (Å²) in [6, 6.07) is 13.2. The molecule has 8 nitrogen and oxygen atoms in total. The first kappa shape index (κ1) is 26.0. The Labute approximate surface area is 227 Å². The molecule has 0 radical (unpaired) electrons. The molecule has 3 aromatic rings. The Kier molecular flexibility index (Phi) is 8.15. The van der Waals surface area contributed by atoms with Crippen molar-refractivity contribution in [3.8, 4) is 11.3 Å². The van der Waals surface area contributed by atoms with Gasteiger partial charge in [0.15, 0.2) is 5.11 Å². The van der Waals surface area contributed by atoms with Crippen LogP contribution >= 0.6 is 47.0 Å². The molecule has 4 rings (SSSR count). The number of carbonyl (C=O) groups excluding carboxylic acids is 1. The Morgan fingerprint density at radius 2 is 1.69 bits per heavy atom. The number of nitrogens with one attached hydrogen (secondary N) is 1. The molecule has 1 aromatic heterocycles.